The molecule has 0 heterocycles. The molecule has 6 nitrogen and oxygen atoms in total. The van der Waals surface area contributed by atoms with Crippen molar-refractivity contribution in [2.24, 2.45) is 0 Å². The third-order valence-corrected chi connectivity index (χ3v) is 11.0. The quantitative estimate of drug-likeness (QED) is 0.0262. The van der Waals surface area contributed by atoms with Gasteiger partial charge in [0.1, 0.15) is 13.2 Å². The zero-order valence-electron chi connectivity index (χ0n) is 41.1. The van der Waals surface area contributed by atoms with Gasteiger partial charge in [-0.25, -0.2) is 0 Å². The van der Waals surface area contributed by atoms with E-state index in [0.29, 0.717) is 19.3 Å². The van der Waals surface area contributed by atoms with Gasteiger partial charge >= 0.3 is 17.9 Å². The van der Waals surface area contributed by atoms with Gasteiger partial charge in [0, 0.05) is 19.3 Å². The standard InChI is InChI=1S/C57H96O6/c1-4-7-10-13-16-19-22-25-27-28-29-31-32-35-38-41-44-47-50-56(59)62-53-54(52-61-55(58)49-46-43-40-37-34-24-21-18-15-12-9-6-3)63-57(60)51-48-45-42-39-36-33-30-26-23-20-17-14-11-8-5-2/h10,13,16-17,19-20,22-23,25-29,31,54H,4-9,11-12,14-15,18,21,24,30,32-53H2,1-3H3/b13-10-,19-16-,20-17-,25-22-,26-23-,28-27-,31-29-. The molecule has 1 unspecified atom stereocenters. The molecule has 0 aromatic carbocycles. The summed E-state index contributed by atoms with van der Waals surface area (Å²) in [5.74, 6) is -0.926. The first-order chi connectivity index (χ1) is 31.0. The van der Waals surface area contributed by atoms with Crippen molar-refractivity contribution in [1.82, 2.24) is 0 Å². The van der Waals surface area contributed by atoms with Crippen LogP contribution in [0.1, 0.15) is 239 Å². The highest BCUT2D eigenvalue weighted by atomic mass is 16.6. The van der Waals surface area contributed by atoms with Crippen LogP contribution in [0.4, 0.5) is 0 Å². The van der Waals surface area contributed by atoms with Gasteiger partial charge < -0.3 is 14.2 Å². The Balaban J connectivity index is 4.45. The fraction of sp³-hybridized carbons (Fsp3) is 0.702. The largest absolute Gasteiger partial charge is 0.462 e. The molecule has 0 aromatic heterocycles. The predicted octanol–water partition coefficient (Wildman–Crippen LogP) is 17.2. The summed E-state index contributed by atoms with van der Waals surface area (Å²) in [7, 11) is 0. The van der Waals surface area contributed by atoms with Gasteiger partial charge in [0.25, 0.3) is 0 Å². The van der Waals surface area contributed by atoms with Crippen LogP contribution in [0, 0.1) is 0 Å². The number of hydrogen-bond donors (Lipinski definition) is 0. The minimum Gasteiger partial charge on any atom is -0.462 e. The van der Waals surface area contributed by atoms with Gasteiger partial charge in [0.15, 0.2) is 6.10 Å². The van der Waals surface area contributed by atoms with E-state index in [1.54, 1.807) is 0 Å². The zero-order valence-corrected chi connectivity index (χ0v) is 41.1. The van der Waals surface area contributed by atoms with Gasteiger partial charge in [-0.3, -0.25) is 14.4 Å². The molecular weight excluding hydrogens is 781 g/mol. The summed E-state index contributed by atoms with van der Waals surface area (Å²) in [6.45, 7) is 6.48. The van der Waals surface area contributed by atoms with Crippen molar-refractivity contribution in [1.29, 1.82) is 0 Å². The molecule has 0 radical (unpaired) electrons. The van der Waals surface area contributed by atoms with Gasteiger partial charge in [-0.2, -0.15) is 0 Å². The van der Waals surface area contributed by atoms with Crippen molar-refractivity contribution in [3.8, 4) is 0 Å². The fourth-order valence-electron chi connectivity index (χ4n) is 7.05. The molecule has 63 heavy (non-hydrogen) atoms. The second-order valence-corrected chi connectivity index (χ2v) is 17.2. The van der Waals surface area contributed by atoms with E-state index in [9.17, 15) is 14.4 Å². The Hall–Kier alpha value is -3.41. The molecule has 0 aromatic rings. The average molecular weight is 877 g/mol. The number of rotatable bonds is 46. The molecule has 0 saturated carbocycles. The molecule has 0 aliphatic heterocycles. The van der Waals surface area contributed by atoms with Crippen LogP contribution in [0.15, 0.2) is 85.1 Å². The molecule has 0 amide bonds. The summed E-state index contributed by atoms with van der Waals surface area (Å²) < 4.78 is 16.8. The van der Waals surface area contributed by atoms with E-state index in [2.05, 4.69) is 81.5 Å². The van der Waals surface area contributed by atoms with E-state index in [0.717, 1.165) is 96.3 Å². The predicted molar refractivity (Wildman–Crippen MR) is 270 cm³/mol. The Morgan fingerprint density at radius 1 is 0.317 bits per heavy atom. The third-order valence-electron chi connectivity index (χ3n) is 11.0. The highest BCUT2D eigenvalue weighted by Crippen LogP contribution is 2.15. The fourth-order valence-corrected chi connectivity index (χ4v) is 7.05. The molecule has 0 saturated heterocycles. The van der Waals surface area contributed by atoms with Crippen molar-refractivity contribution in [3.63, 3.8) is 0 Å². The van der Waals surface area contributed by atoms with E-state index in [-0.39, 0.29) is 31.1 Å². The lowest BCUT2D eigenvalue weighted by molar-refractivity contribution is -0.167. The zero-order chi connectivity index (χ0) is 45.8. The number of carbonyl (C=O) groups excluding carboxylic acids is 3. The van der Waals surface area contributed by atoms with Crippen LogP contribution in [0.5, 0.6) is 0 Å². The SMILES string of the molecule is CCC\C=C/C=C\C=C/C=C\C=C/CCCCCCCC(=O)OCC(COC(=O)CCCCCCCCCCCCCC)OC(=O)CCCCCCCC/C=C\C=C/CCCCC. The number of ether oxygens (including phenoxy) is 3. The number of carbonyl (C=O) groups is 3. The highest BCUT2D eigenvalue weighted by Gasteiger charge is 2.19. The minimum absolute atomic E-state index is 0.0888. The van der Waals surface area contributed by atoms with Gasteiger partial charge in [-0.05, 0) is 64.2 Å². The van der Waals surface area contributed by atoms with Crippen LogP contribution >= 0.6 is 0 Å². The van der Waals surface area contributed by atoms with Gasteiger partial charge in [0.05, 0.1) is 0 Å². The second kappa shape index (κ2) is 51.2. The Morgan fingerprint density at radius 3 is 1.00 bits per heavy atom. The second-order valence-electron chi connectivity index (χ2n) is 17.2. The van der Waals surface area contributed by atoms with Crippen LogP contribution in [0.25, 0.3) is 0 Å². The molecule has 360 valence electrons. The average Bonchev–Trinajstić information content (AvgIpc) is 3.28. The Bertz CT molecular complexity index is 1240. The Kier molecular flexibility index (Phi) is 48.5. The highest BCUT2D eigenvalue weighted by molar-refractivity contribution is 5.71. The summed E-state index contributed by atoms with van der Waals surface area (Å²) in [5.41, 5.74) is 0. The lowest BCUT2D eigenvalue weighted by atomic mass is 10.0. The molecule has 0 aliphatic rings. The Labute approximate surface area is 388 Å². The van der Waals surface area contributed by atoms with E-state index >= 15 is 0 Å². The van der Waals surface area contributed by atoms with Crippen molar-refractivity contribution in [3.05, 3.63) is 85.1 Å². The van der Waals surface area contributed by atoms with E-state index in [1.807, 2.05) is 24.3 Å². The molecule has 0 N–H and O–H groups in total. The molecule has 1 atom stereocenters. The number of unbranched alkanes of at least 4 members (excludes halogenated alkanes) is 26. The van der Waals surface area contributed by atoms with Crippen LogP contribution in [-0.4, -0.2) is 37.2 Å². The molecule has 0 aliphatic carbocycles. The van der Waals surface area contributed by atoms with Crippen LogP contribution in [0.3, 0.4) is 0 Å². The van der Waals surface area contributed by atoms with E-state index in [4.69, 9.17) is 14.2 Å². The maximum atomic E-state index is 12.8. The topological polar surface area (TPSA) is 78.9 Å². The summed E-state index contributed by atoms with van der Waals surface area (Å²) in [4.78, 5) is 38.0. The summed E-state index contributed by atoms with van der Waals surface area (Å²) in [6, 6.07) is 0. The monoisotopic (exact) mass is 877 g/mol. The van der Waals surface area contributed by atoms with Crippen molar-refractivity contribution in [2.45, 2.75) is 245 Å². The summed E-state index contributed by atoms with van der Waals surface area (Å²) in [6.07, 6.45) is 65.5. The summed E-state index contributed by atoms with van der Waals surface area (Å²) in [5, 5.41) is 0. The minimum atomic E-state index is -0.792. The van der Waals surface area contributed by atoms with Crippen LogP contribution in [0.2, 0.25) is 0 Å². The normalized spacial score (nSPS) is 12.7. The lowest BCUT2D eigenvalue weighted by Crippen LogP contribution is -2.30. The van der Waals surface area contributed by atoms with Crippen LogP contribution < -0.4 is 0 Å². The molecule has 0 rings (SSSR count). The molecule has 0 fully saturated rings. The first kappa shape index (κ1) is 59.6. The van der Waals surface area contributed by atoms with Crippen LogP contribution in [-0.2, 0) is 28.6 Å². The first-order valence-electron chi connectivity index (χ1n) is 26.2. The maximum absolute atomic E-state index is 12.8. The Morgan fingerprint density at radius 2 is 0.603 bits per heavy atom. The lowest BCUT2D eigenvalue weighted by Gasteiger charge is -2.18. The number of esters is 3. The number of hydrogen-bond acceptors (Lipinski definition) is 6. The van der Waals surface area contributed by atoms with Gasteiger partial charge in [-0.15, -0.1) is 0 Å². The van der Waals surface area contributed by atoms with Crippen molar-refractivity contribution in [2.75, 3.05) is 13.2 Å². The van der Waals surface area contributed by atoms with Gasteiger partial charge in [-0.1, -0.05) is 241 Å². The number of allylic oxidation sites excluding steroid dienone is 14. The van der Waals surface area contributed by atoms with Gasteiger partial charge in [0.2, 0.25) is 0 Å². The molecular formula is C57H96O6. The maximum Gasteiger partial charge on any atom is 0.306 e. The molecule has 0 bridgehead atoms. The first-order valence-corrected chi connectivity index (χ1v) is 26.2. The van der Waals surface area contributed by atoms with Crippen molar-refractivity contribution < 1.29 is 28.6 Å². The van der Waals surface area contributed by atoms with E-state index < -0.39 is 6.10 Å². The van der Waals surface area contributed by atoms with E-state index in [1.165, 1.54) is 103 Å². The van der Waals surface area contributed by atoms with Crippen molar-refractivity contribution >= 4 is 17.9 Å². The summed E-state index contributed by atoms with van der Waals surface area (Å²) >= 11 is 0. The smallest absolute Gasteiger partial charge is 0.306 e. The third kappa shape index (κ3) is 49.5. The molecule has 6 heteroatoms. The molecule has 0 spiro atoms.